The van der Waals surface area contributed by atoms with Gasteiger partial charge in [0.1, 0.15) is 0 Å². The normalized spacial score (nSPS) is 13.8. The Bertz CT molecular complexity index is 1140. The van der Waals surface area contributed by atoms with Crippen molar-refractivity contribution >= 4 is 38.4 Å². The average molecular weight is 286 g/mol. The summed E-state index contributed by atoms with van der Waals surface area (Å²) in [5.74, 6) is -0.111. The zero-order chi connectivity index (χ0) is 14.8. The van der Waals surface area contributed by atoms with Gasteiger partial charge in [-0.2, -0.15) is 0 Å². The van der Waals surface area contributed by atoms with Crippen LogP contribution in [-0.2, 0) is 6.42 Å². The minimum atomic E-state index is -0.0719. The first-order valence-electron chi connectivity index (χ1n) is 7.56. The largest absolute Gasteiger partial charge is 0.504 e. The Morgan fingerprint density at radius 3 is 2.55 bits per heavy atom. The molecule has 0 spiro atoms. The Morgan fingerprint density at radius 2 is 1.64 bits per heavy atom. The van der Waals surface area contributed by atoms with Crippen LogP contribution in [-0.4, -0.2) is 10.2 Å². The molecule has 1 aliphatic rings. The van der Waals surface area contributed by atoms with Gasteiger partial charge in [0.25, 0.3) is 0 Å². The van der Waals surface area contributed by atoms with Gasteiger partial charge in [-0.05, 0) is 68.8 Å². The fourth-order valence-electron chi connectivity index (χ4n) is 3.86. The molecule has 0 unspecified atom stereocenters. The van der Waals surface area contributed by atoms with Gasteiger partial charge in [0, 0.05) is 5.39 Å². The first-order chi connectivity index (χ1) is 10.7. The van der Waals surface area contributed by atoms with Crippen molar-refractivity contribution in [3.05, 3.63) is 53.2 Å². The quantitative estimate of drug-likeness (QED) is 0.291. The van der Waals surface area contributed by atoms with Crippen LogP contribution in [0.5, 0.6) is 11.5 Å². The molecule has 0 saturated heterocycles. The average Bonchev–Trinajstić information content (AvgIpc) is 2.56. The van der Waals surface area contributed by atoms with E-state index in [0.717, 1.165) is 29.0 Å². The summed E-state index contributed by atoms with van der Waals surface area (Å²) in [5.41, 5.74) is 1.40. The zero-order valence-electron chi connectivity index (χ0n) is 11.9. The predicted octanol–water partition coefficient (Wildman–Crippen LogP) is 4.00. The third-order valence-electron chi connectivity index (χ3n) is 4.88. The van der Waals surface area contributed by atoms with Gasteiger partial charge in [-0.15, -0.1) is 0 Å². The Balaban J connectivity index is 2.15. The molecule has 0 bridgehead atoms. The van der Waals surface area contributed by atoms with Crippen LogP contribution in [0.3, 0.4) is 0 Å². The van der Waals surface area contributed by atoms with E-state index in [0.29, 0.717) is 5.39 Å². The highest BCUT2D eigenvalue weighted by molar-refractivity contribution is 6.23. The summed E-state index contributed by atoms with van der Waals surface area (Å²) in [5, 5.41) is 27.8. The third-order valence-corrected chi connectivity index (χ3v) is 4.88. The lowest BCUT2D eigenvalue weighted by molar-refractivity contribution is 0.408. The number of hydrogen-bond acceptors (Lipinski definition) is 2. The number of phenolic OH excluding ortho intramolecular Hbond substituents is 2. The third kappa shape index (κ3) is 1.34. The van der Waals surface area contributed by atoms with E-state index >= 15 is 0 Å². The number of hydrogen-bond donors (Lipinski definition) is 2. The van der Waals surface area contributed by atoms with Crippen LogP contribution in [0, 0.1) is 0 Å². The summed E-state index contributed by atoms with van der Waals surface area (Å²) in [7, 11) is 0. The smallest absolute Gasteiger partial charge is 0.165 e. The van der Waals surface area contributed by atoms with Crippen molar-refractivity contribution in [3.8, 4) is 11.5 Å². The van der Waals surface area contributed by atoms with Crippen molar-refractivity contribution < 1.29 is 10.2 Å². The number of aryl methyl sites for hydroxylation is 1. The van der Waals surface area contributed by atoms with Crippen molar-refractivity contribution in [3.63, 3.8) is 0 Å². The van der Waals surface area contributed by atoms with E-state index in [4.69, 9.17) is 0 Å². The molecule has 0 radical (unpaired) electrons. The highest BCUT2D eigenvalue weighted by atomic mass is 16.3. The summed E-state index contributed by atoms with van der Waals surface area (Å²) in [6, 6.07) is 14.1. The lowest BCUT2D eigenvalue weighted by atomic mass is 9.88. The number of rotatable bonds is 0. The lowest BCUT2D eigenvalue weighted by Gasteiger charge is -2.16. The Labute approximate surface area is 126 Å². The SMILES string of the molecule is Oc1ccc2c(cc3ccc4c5c(ccc2c35)CCC=4)c1O. The summed E-state index contributed by atoms with van der Waals surface area (Å²) < 4.78 is 0. The molecule has 22 heavy (non-hydrogen) atoms. The lowest BCUT2D eigenvalue weighted by Crippen LogP contribution is -2.09. The van der Waals surface area contributed by atoms with Gasteiger partial charge in [-0.3, -0.25) is 0 Å². The molecule has 2 N–H and O–H groups in total. The minimum Gasteiger partial charge on any atom is -0.504 e. The molecule has 0 aliphatic heterocycles. The second kappa shape index (κ2) is 3.92. The molecule has 5 rings (SSSR count). The fourth-order valence-corrected chi connectivity index (χ4v) is 3.86. The maximum atomic E-state index is 10.2. The van der Waals surface area contributed by atoms with E-state index in [1.54, 1.807) is 6.07 Å². The summed E-state index contributed by atoms with van der Waals surface area (Å²) in [6.45, 7) is 0. The molecule has 2 heteroatoms. The number of fused-ring (bicyclic) bond motifs is 2. The monoisotopic (exact) mass is 286 g/mol. The number of phenols is 2. The number of benzene rings is 4. The summed E-state index contributed by atoms with van der Waals surface area (Å²) >= 11 is 0. The molecule has 4 aromatic carbocycles. The second-order valence-electron chi connectivity index (χ2n) is 6.05. The second-order valence-corrected chi connectivity index (χ2v) is 6.05. The van der Waals surface area contributed by atoms with Crippen LogP contribution in [0.1, 0.15) is 12.0 Å². The highest BCUT2D eigenvalue weighted by Crippen LogP contribution is 2.40. The Hall–Kier alpha value is -2.74. The Morgan fingerprint density at radius 1 is 0.773 bits per heavy atom. The minimum absolute atomic E-state index is 0.0388. The van der Waals surface area contributed by atoms with E-state index in [1.807, 2.05) is 12.1 Å². The molecule has 0 aromatic heterocycles. The highest BCUT2D eigenvalue weighted by Gasteiger charge is 2.15. The van der Waals surface area contributed by atoms with E-state index < -0.39 is 0 Å². The molecule has 106 valence electrons. The topological polar surface area (TPSA) is 40.5 Å². The van der Waals surface area contributed by atoms with Crippen molar-refractivity contribution in [1.29, 1.82) is 0 Å². The first-order valence-corrected chi connectivity index (χ1v) is 7.56. The van der Waals surface area contributed by atoms with Gasteiger partial charge in [0.2, 0.25) is 0 Å². The van der Waals surface area contributed by atoms with E-state index in [1.165, 1.54) is 21.6 Å². The van der Waals surface area contributed by atoms with Gasteiger partial charge >= 0.3 is 0 Å². The number of aromatic hydroxyl groups is 2. The van der Waals surface area contributed by atoms with Gasteiger partial charge in [-0.1, -0.05) is 30.3 Å². The van der Waals surface area contributed by atoms with Crippen LogP contribution in [0.25, 0.3) is 38.4 Å². The van der Waals surface area contributed by atoms with Crippen molar-refractivity contribution in [2.45, 2.75) is 12.8 Å². The van der Waals surface area contributed by atoms with Gasteiger partial charge < -0.3 is 10.2 Å². The molecule has 1 aliphatic carbocycles. The molecule has 0 atom stereocenters. The van der Waals surface area contributed by atoms with Crippen molar-refractivity contribution in [2.75, 3.05) is 0 Å². The van der Waals surface area contributed by atoms with E-state index in [9.17, 15) is 10.2 Å². The molecule has 2 nitrogen and oxygen atoms in total. The fraction of sp³-hybridized carbons (Fsp3) is 0.100. The van der Waals surface area contributed by atoms with E-state index in [-0.39, 0.29) is 11.5 Å². The van der Waals surface area contributed by atoms with Crippen molar-refractivity contribution in [1.82, 2.24) is 0 Å². The molecule has 0 heterocycles. The summed E-state index contributed by atoms with van der Waals surface area (Å²) in [4.78, 5) is 0. The Kier molecular flexibility index (Phi) is 2.11. The standard InChI is InChI=1S/C20H14O2/c21-17-9-8-14-15-7-6-12-3-1-2-11-4-5-13(19(15)18(11)12)10-16(14)20(17)22/h2,4-10,21-22H,1,3H2. The van der Waals surface area contributed by atoms with Gasteiger partial charge in [0.15, 0.2) is 11.5 Å². The molecular formula is C20H14O2. The molecule has 0 saturated carbocycles. The van der Waals surface area contributed by atoms with Crippen LogP contribution < -0.4 is 5.22 Å². The molecule has 0 amide bonds. The van der Waals surface area contributed by atoms with E-state index in [2.05, 4.69) is 30.3 Å². The van der Waals surface area contributed by atoms with Crippen LogP contribution in [0.15, 0.2) is 42.5 Å². The van der Waals surface area contributed by atoms with Crippen molar-refractivity contribution in [2.24, 2.45) is 0 Å². The van der Waals surface area contributed by atoms with Crippen LogP contribution >= 0.6 is 0 Å². The van der Waals surface area contributed by atoms with Gasteiger partial charge in [0.05, 0.1) is 0 Å². The molecular weight excluding hydrogens is 272 g/mol. The maximum Gasteiger partial charge on any atom is 0.165 e. The van der Waals surface area contributed by atoms with Gasteiger partial charge in [-0.25, -0.2) is 0 Å². The zero-order valence-corrected chi connectivity index (χ0v) is 11.9. The first kappa shape index (κ1) is 11.9. The van der Waals surface area contributed by atoms with Crippen LogP contribution in [0.4, 0.5) is 0 Å². The maximum absolute atomic E-state index is 10.2. The van der Waals surface area contributed by atoms with Crippen LogP contribution in [0.2, 0.25) is 0 Å². The predicted molar refractivity (Wildman–Crippen MR) is 90.3 cm³/mol. The molecule has 0 fully saturated rings. The molecule has 4 aromatic rings. The summed E-state index contributed by atoms with van der Waals surface area (Å²) in [6.07, 6.45) is 4.48.